The molecule has 1 heterocycles. The van der Waals surface area contributed by atoms with Gasteiger partial charge < -0.3 is 10.0 Å². The molecule has 0 unspecified atom stereocenters. The van der Waals surface area contributed by atoms with Crippen molar-refractivity contribution in [2.24, 2.45) is 5.92 Å². The first-order valence-electron chi connectivity index (χ1n) is 7.01. The molecular weight excluding hydrogens is 292 g/mol. The minimum absolute atomic E-state index is 0.244. The molecule has 0 radical (unpaired) electrons. The molecule has 1 aromatic rings. The molecule has 1 aromatic carbocycles. The van der Waals surface area contributed by atoms with E-state index in [1.165, 1.54) is 0 Å². The molecule has 7 heteroatoms. The van der Waals surface area contributed by atoms with Crippen molar-refractivity contribution in [3.05, 3.63) is 24.3 Å². The highest BCUT2D eigenvalue weighted by Crippen LogP contribution is 2.24. The molecule has 1 saturated heterocycles. The maximum atomic E-state index is 11.8. The van der Waals surface area contributed by atoms with Crippen LogP contribution in [0.4, 0.5) is 5.69 Å². The van der Waals surface area contributed by atoms with E-state index in [1.807, 2.05) is 0 Å². The summed E-state index contributed by atoms with van der Waals surface area (Å²) in [7, 11) is -3.42. The first kappa shape index (κ1) is 15.8. The summed E-state index contributed by atoms with van der Waals surface area (Å²) < 4.78 is 26.1. The van der Waals surface area contributed by atoms with Crippen LogP contribution >= 0.6 is 0 Å². The van der Waals surface area contributed by atoms with Gasteiger partial charge in [0.1, 0.15) is 0 Å². The molecule has 1 aliphatic rings. The lowest BCUT2D eigenvalue weighted by Gasteiger charge is -2.32. The second-order valence-electron chi connectivity index (χ2n) is 5.09. The third-order valence-electron chi connectivity index (χ3n) is 3.69. The number of nitrogens with one attached hydrogen (secondary N) is 1. The van der Waals surface area contributed by atoms with Crippen LogP contribution < -0.4 is 9.62 Å². The average molecular weight is 312 g/mol. The van der Waals surface area contributed by atoms with Gasteiger partial charge >= 0.3 is 5.97 Å². The zero-order chi connectivity index (χ0) is 15.5. The number of aliphatic carboxylic acids is 1. The molecule has 1 fully saturated rings. The molecule has 0 aliphatic carbocycles. The van der Waals surface area contributed by atoms with Gasteiger partial charge in [-0.05, 0) is 37.1 Å². The number of hydrogen-bond acceptors (Lipinski definition) is 4. The summed E-state index contributed by atoms with van der Waals surface area (Å²) in [5.41, 5.74) is 0.925. The van der Waals surface area contributed by atoms with Gasteiger partial charge in [-0.2, -0.15) is 0 Å². The highest BCUT2D eigenvalue weighted by Gasteiger charge is 2.24. The quantitative estimate of drug-likeness (QED) is 0.855. The predicted molar refractivity (Wildman–Crippen MR) is 79.9 cm³/mol. The molecule has 2 N–H and O–H groups in total. The predicted octanol–water partition coefficient (Wildman–Crippen LogP) is 1.29. The largest absolute Gasteiger partial charge is 0.481 e. The summed E-state index contributed by atoms with van der Waals surface area (Å²) in [6.07, 6.45) is 1.24. The molecule has 0 amide bonds. The van der Waals surface area contributed by atoms with Crippen LogP contribution in [0.2, 0.25) is 0 Å². The Labute approximate surface area is 124 Å². The van der Waals surface area contributed by atoms with Gasteiger partial charge in [0.2, 0.25) is 10.0 Å². The standard InChI is InChI=1S/C14H20N2O4S/c1-2-15-21(19,20)13-5-3-12(4-6-13)16-9-7-11(8-10-16)14(17)18/h3-6,11,15H,2,7-10H2,1H3,(H,17,18). The number of piperidine rings is 1. The first-order chi connectivity index (χ1) is 9.94. The number of sulfonamides is 1. The summed E-state index contributed by atoms with van der Waals surface area (Å²) in [6, 6.07) is 6.70. The number of carbonyl (C=O) groups is 1. The van der Waals surface area contributed by atoms with E-state index >= 15 is 0 Å². The summed E-state index contributed by atoms with van der Waals surface area (Å²) in [5, 5.41) is 8.98. The minimum Gasteiger partial charge on any atom is -0.481 e. The SMILES string of the molecule is CCNS(=O)(=O)c1ccc(N2CCC(C(=O)O)CC2)cc1. The van der Waals surface area contributed by atoms with Crippen molar-refractivity contribution in [3.63, 3.8) is 0 Å². The zero-order valence-corrected chi connectivity index (χ0v) is 12.8. The number of carboxylic acid groups (broad SMARTS) is 1. The average Bonchev–Trinajstić information content (AvgIpc) is 2.47. The Morgan fingerprint density at radius 3 is 2.33 bits per heavy atom. The van der Waals surface area contributed by atoms with Crippen LogP contribution in [0, 0.1) is 5.92 Å². The van der Waals surface area contributed by atoms with Crippen molar-refractivity contribution >= 4 is 21.7 Å². The normalized spacial score (nSPS) is 16.9. The van der Waals surface area contributed by atoms with E-state index in [-0.39, 0.29) is 10.8 Å². The van der Waals surface area contributed by atoms with Crippen molar-refractivity contribution in [1.29, 1.82) is 0 Å². The lowest BCUT2D eigenvalue weighted by atomic mass is 9.97. The molecule has 0 atom stereocenters. The topological polar surface area (TPSA) is 86.7 Å². The maximum Gasteiger partial charge on any atom is 0.306 e. The fraction of sp³-hybridized carbons (Fsp3) is 0.500. The van der Waals surface area contributed by atoms with E-state index in [0.29, 0.717) is 32.5 Å². The lowest BCUT2D eigenvalue weighted by Crippen LogP contribution is -2.36. The molecule has 1 aliphatic heterocycles. The van der Waals surface area contributed by atoms with Crippen LogP contribution in [0.1, 0.15) is 19.8 Å². The van der Waals surface area contributed by atoms with Crippen molar-refractivity contribution in [2.75, 3.05) is 24.5 Å². The number of hydrogen-bond donors (Lipinski definition) is 2. The Balaban J connectivity index is 2.05. The van der Waals surface area contributed by atoms with E-state index in [2.05, 4.69) is 9.62 Å². The van der Waals surface area contributed by atoms with Crippen LogP contribution in [0.15, 0.2) is 29.2 Å². The Kier molecular flexibility index (Phi) is 4.84. The molecule has 0 spiro atoms. The Hall–Kier alpha value is -1.60. The van der Waals surface area contributed by atoms with E-state index in [0.717, 1.165) is 5.69 Å². The maximum absolute atomic E-state index is 11.8. The third kappa shape index (κ3) is 3.74. The molecule has 2 rings (SSSR count). The molecule has 0 saturated carbocycles. The van der Waals surface area contributed by atoms with Gasteiger partial charge in [-0.25, -0.2) is 13.1 Å². The lowest BCUT2D eigenvalue weighted by molar-refractivity contribution is -0.142. The first-order valence-corrected chi connectivity index (χ1v) is 8.50. The van der Waals surface area contributed by atoms with E-state index in [1.54, 1.807) is 31.2 Å². The fourth-order valence-electron chi connectivity index (χ4n) is 2.49. The van der Waals surface area contributed by atoms with Gasteiger partial charge in [0.25, 0.3) is 0 Å². The number of nitrogens with zero attached hydrogens (tertiary/aromatic N) is 1. The smallest absolute Gasteiger partial charge is 0.306 e. The molecule has 21 heavy (non-hydrogen) atoms. The highest BCUT2D eigenvalue weighted by atomic mass is 32.2. The highest BCUT2D eigenvalue weighted by molar-refractivity contribution is 7.89. The van der Waals surface area contributed by atoms with E-state index < -0.39 is 16.0 Å². The molecular formula is C14H20N2O4S. The fourth-order valence-corrected chi connectivity index (χ4v) is 3.54. The van der Waals surface area contributed by atoms with Crippen LogP contribution in [0.5, 0.6) is 0 Å². The summed E-state index contributed by atoms with van der Waals surface area (Å²) >= 11 is 0. The van der Waals surface area contributed by atoms with Gasteiger partial charge in [-0.3, -0.25) is 4.79 Å². The summed E-state index contributed by atoms with van der Waals surface area (Å²) in [6.45, 7) is 3.44. The third-order valence-corrected chi connectivity index (χ3v) is 5.25. The van der Waals surface area contributed by atoms with Crippen molar-refractivity contribution < 1.29 is 18.3 Å². The van der Waals surface area contributed by atoms with Crippen LogP contribution in [0.3, 0.4) is 0 Å². The van der Waals surface area contributed by atoms with Gasteiger partial charge in [-0.15, -0.1) is 0 Å². The number of benzene rings is 1. The summed E-state index contributed by atoms with van der Waals surface area (Å²) in [5.74, 6) is -1.00. The Morgan fingerprint density at radius 1 is 1.29 bits per heavy atom. The van der Waals surface area contributed by atoms with E-state index in [4.69, 9.17) is 5.11 Å². The van der Waals surface area contributed by atoms with Crippen molar-refractivity contribution in [3.8, 4) is 0 Å². The van der Waals surface area contributed by atoms with Crippen LogP contribution in [-0.2, 0) is 14.8 Å². The van der Waals surface area contributed by atoms with Crippen LogP contribution in [-0.4, -0.2) is 39.1 Å². The number of anilines is 1. The van der Waals surface area contributed by atoms with Gasteiger partial charge in [0, 0.05) is 25.3 Å². The Morgan fingerprint density at radius 2 is 1.86 bits per heavy atom. The second kappa shape index (κ2) is 6.44. The van der Waals surface area contributed by atoms with Gasteiger partial charge in [-0.1, -0.05) is 6.92 Å². The molecule has 0 bridgehead atoms. The molecule has 6 nitrogen and oxygen atoms in total. The van der Waals surface area contributed by atoms with E-state index in [9.17, 15) is 13.2 Å². The minimum atomic E-state index is -3.42. The monoisotopic (exact) mass is 312 g/mol. The second-order valence-corrected chi connectivity index (χ2v) is 6.86. The summed E-state index contributed by atoms with van der Waals surface area (Å²) in [4.78, 5) is 13.3. The zero-order valence-electron chi connectivity index (χ0n) is 11.9. The molecule has 116 valence electrons. The van der Waals surface area contributed by atoms with Crippen molar-refractivity contribution in [2.45, 2.75) is 24.7 Å². The number of rotatable bonds is 5. The molecule has 0 aromatic heterocycles. The van der Waals surface area contributed by atoms with Gasteiger partial charge in [0.05, 0.1) is 10.8 Å². The Bertz CT molecular complexity index is 590. The van der Waals surface area contributed by atoms with Crippen molar-refractivity contribution in [1.82, 2.24) is 4.72 Å². The van der Waals surface area contributed by atoms with Gasteiger partial charge in [0.15, 0.2) is 0 Å². The number of carboxylic acids is 1. The van der Waals surface area contributed by atoms with Crippen LogP contribution in [0.25, 0.3) is 0 Å².